The second kappa shape index (κ2) is 6.84. The number of benzene rings is 1. The number of hydrogen-bond acceptors (Lipinski definition) is 5. The molecule has 3 heterocycles. The van der Waals surface area contributed by atoms with E-state index in [1.807, 2.05) is 12.1 Å². The number of likely N-dealkylation sites (tertiary alicyclic amines) is 1. The summed E-state index contributed by atoms with van der Waals surface area (Å²) < 4.78 is 5.38. The van der Waals surface area contributed by atoms with Gasteiger partial charge in [0.05, 0.1) is 6.54 Å². The quantitative estimate of drug-likeness (QED) is 0.924. The Morgan fingerprint density at radius 2 is 2.12 bits per heavy atom. The smallest absolute Gasteiger partial charge is 0.317 e. The lowest BCUT2D eigenvalue weighted by Crippen LogP contribution is -2.29. The van der Waals surface area contributed by atoms with Crippen molar-refractivity contribution in [2.24, 2.45) is 0 Å². The Kier molecular flexibility index (Phi) is 4.40. The summed E-state index contributed by atoms with van der Waals surface area (Å²) in [5.74, 6) is 1.02. The molecule has 7 nitrogen and oxygen atoms in total. The number of piperidine rings is 1. The van der Waals surface area contributed by atoms with Crippen LogP contribution in [0.1, 0.15) is 36.8 Å². The zero-order valence-electron chi connectivity index (χ0n) is 14.4. The molecule has 0 radical (unpaired) electrons. The van der Waals surface area contributed by atoms with Crippen molar-refractivity contribution in [1.82, 2.24) is 25.3 Å². The third kappa shape index (κ3) is 3.51. The molecule has 1 aromatic carbocycles. The van der Waals surface area contributed by atoms with E-state index in [2.05, 4.69) is 32.5 Å². The highest BCUT2D eigenvalue weighted by atomic mass is 16.5. The molecule has 25 heavy (non-hydrogen) atoms. The summed E-state index contributed by atoms with van der Waals surface area (Å²) in [5.41, 5.74) is 2.21. The predicted octanol–water partition coefficient (Wildman–Crippen LogP) is 2.42. The first kappa shape index (κ1) is 16.1. The van der Waals surface area contributed by atoms with Crippen molar-refractivity contribution in [1.29, 1.82) is 0 Å². The number of nitrogens with zero attached hydrogens (tertiary/aromatic N) is 4. The number of carbonyl (C=O) groups excluding carboxylic acids is 1. The van der Waals surface area contributed by atoms with E-state index in [4.69, 9.17) is 4.52 Å². The highest BCUT2D eigenvalue weighted by Gasteiger charge is 2.31. The summed E-state index contributed by atoms with van der Waals surface area (Å²) in [6.45, 7) is 3.84. The van der Waals surface area contributed by atoms with Crippen molar-refractivity contribution in [3.63, 3.8) is 0 Å². The number of aromatic nitrogens is 2. The molecule has 0 saturated carbocycles. The molecule has 0 spiro atoms. The van der Waals surface area contributed by atoms with E-state index in [1.54, 1.807) is 11.9 Å². The van der Waals surface area contributed by atoms with Gasteiger partial charge in [-0.2, -0.15) is 4.98 Å². The van der Waals surface area contributed by atoms with Crippen LogP contribution in [0.4, 0.5) is 4.79 Å². The van der Waals surface area contributed by atoms with Gasteiger partial charge in [0.15, 0.2) is 0 Å². The molecule has 2 saturated heterocycles. The van der Waals surface area contributed by atoms with E-state index in [0.29, 0.717) is 18.3 Å². The Hall–Kier alpha value is -2.41. The van der Waals surface area contributed by atoms with Gasteiger partial charge in [-0.15, -0.1) is 0 Å². The number of nitrogens with one attached hydrogen (secondary N) is 1. The summed E-state index contributed by atoms with van der Waals surface area (Å²) in [7, 11) is 1.75. The van der Waals surface area contributed by atoms with E-state index in [1.165, 1.54) is 37.9 Å². The van der Waals surface area contributed by atoms with E-state index in [-0.39, 0.29) is 12.1 Å². The van der Waals surface area contributed by atoms with E-state index >= 15 is 0 Å². The van der Waals surface area contributed by atoms with Gasteiger partial charge in [0.1, 0.15) is 6.04 Å². The van der Waals surface area contributed by atoms with Gasteiger partial charge in [-0.1, -0.05) is 29.8 Å². The van der Waals surface area contributed by atoms with Crippen LogP contribution in [0.5, 0.6) is 0 Å². The van der Waals surface area contributed by atoms with Crippen LogP contribution >= 0.6 is 0 Å². The minimum absolute atomic E-state index is 0.117. The zero-order chi connectivity index (χ0) is 17.2. The zero-order valence-corrected chi connectivity index (χ0v) is 14.4. The van der Waals surface area contributed by atoms with Gasteiger partial charge in [-0.05, 0) is 37.6 Å². The van der Waals surface area contributed by atoms with Crippen molar-refractivity contribution in [2.75, 3.05) is 26.7 Å². The van der Waals surface area contributed by atoms with Gasteiger partial charge in [0.25, 0.3) is 5.89 Å². The van der Waals surface area contributed by atoms with Crippen LogP contribution in [-0.2, 0) is 6.54 Å². The van der Waals surface area contributed by atoms with Crippen LogP contribution in [0.2, 0.25) is 0 Å². The molecule has 2 fully saturated rings. The number of amides is 2. The maximum Gasteiger partial charge on any atom is 0.317 e. The molecule has 1 atom stereocenters. The third-order valence-corrected chi connectivity index (χ3v) is 4.88. The van der Waals surface area contributed by atoms with E-state index < -0.39 is 0 Å². The van der Waals surface area contributed by atoms with Crippen molar-refractivity contribution >= 4 is 6.03 Å². The lowest BCUT2D eigenvalue weighted by Gasteiger charge is -2.26. The van der Waals surface area contributed by atoms with Gasteiger partial charge in [0, 0.05) is 19.2 Å². The van der Waals surface area contributed by atoms with Gasteiger partial charge in [0.2, 0.25) is 5.82 Å². The predicted molar refractivity (Wildman–Crippen MR) is 92.8 cm³/mol. The maximum absolute atomic E-state index is 11.6. The van der Waals surface area contributed by atoms with Gasteiger partial charge < -0.3 is 14.7 Å². The normalized spacial score (nSPS) is 21.6. The molecule has 0 aliphatic carbocycles. The number of hydrogen-bond donors (Lipinski definition) is 1. The van der Waals surface area contributed by atoms with Crippen LogP contribution in [0.25, 0.3) is 11.4 Å². The summed E-state index contributed by atoms with van der Waals surface area (Å²) in [5, 5.41) is 6.93. The van der Waals surface area contributed by atoms with Crippen LogP contribution in [0.3, 0.4) is 0 Å². The van der Waals surface area contributed by atoms with E-state index in [0.717, 1.165) is 12.1 Å². The van der Waals surface area contributed by atoms with Crippen molar-refractivity contribution < 1.29 is 9.32 Å². The molecular formula is C18H23N5O2. The van der Waals surface area contributed by atoms with Gasteiger partial charge in [-0.25, -0.2) is 4.79 Å². The van der Waals surface area contributed by atoms with Gasteiger partial charge in [-0.3, -0.25) is 4.90 Å². The standard InChI is InChI=1S/C18H23N5O2/c1-22-12-15(19-18(22)24)17-20-16(21-25-17)14-7-5-6-13(10-14)11-23-8-3-2-4-9-23/h5-7,10,15H,2-4,8-9,11-12H2,1H3,(H,19,24). The monoisotopic (exact) mass is 341 g/mol. The summed E-state index contributed by atoms with van der Waals surface area (Å²) in [6.07, 6.45) is 3.92. The average molecular weight is 341 g/mol. The molecular weight excluding hydrogens is 318 g/mol. The Balaban J connectivity index is 1.48. The van der Waals surface area contributed by atoms with Crippen molar-refractivity contribution in [3.05, 3.63) is 35.7 Å². The van der Waals surface area contributed by atoms with Crippen molar-refractivity contribution in [3.8, 4) is 11.4 Å². The maximum atomic E-state index is 11.6. The molecule has 1 unspecified atom stereocenters. The molecule has 1 N–H and O–H groups in total. The highest BCUT2D eigenvalue weighted by Crippen LogP contribution is 2.23. The molecule has 1 aromatic heterocycles. The topological polar surface area (TPSA) is 74.5 Å². The van der Waals surface area contributed by atoms with Gasteiger partial charge >= 0.3 is 6.03 Å². The third-order valence-electron chi connectivity index (χ3n) is 4.88. The fraction of sp³-hybridized carbons (Fsp3) is 0.500. The summed E-state index contributed by atoms with van der Waals surface area (Å²) in [4.78, 5) is 20.2. The Morgan fingerprint density at radius 3 is 2.88 bits per heavy atom. The molecule has 2 aromatic rings. The minimum Gasteiger partial charge on any atom is -0.337 e. The first-order chi connectivity index (χ1) is 12.2. The van der Waals surface area contributed by atoms with Crippen LogP contribution in [0, 0.1) is 0 Å². The first-order valence-electron chi connectivity index (χ1n) is 8.86. The highest BCUT2D eigenvalue weighted by molar-refractivity contribution is 5.76. The SMILES string of the molecule is CN1CC(c2nc(-c3cccc(CN4CCCCC4)c3)no2)NC1=O. The number of likely N-dealkylation sites (N-methyl/N-ethyl adjacent to an activating group) is 1. The molecule has 2 aliphatic heterocycles. The fourth-order valence-corrected chi connectivity index (χ4v) is 3.48. The minimum atomic E-state index is -0.240. The van der Waals surface area contributed by atoms with Crippen molar-refractivity contribution in [2.45, 2.75) is 31.8 Å². The first-order valence-corrected chi connectivity index (χ1v) is 8.86. The Morgan fingerprint density at radius 1 is 1.28 bits per heavy atom. The number of rotatable bonds is 4. The van der Waals surface area contributed by atoms with Crippen LogP contribution in [0.15, 0.2) is 28.8 Å². The van der Waals surface area contributed by atoms with Crippen LogP contribution < -0.4 is 5.32 Å². The molecule has 7 heteroatoms. The number of carbonyl (C=O) groups is 1. The summed E-state index contributed by atoms with van der Waals surface area (Å²) >= 11 is 0. The second-order valence-corrected chi connectivity index (χ2v) is 6.88. The molecule has 0 bridgehead atoms. The average Bonchev–Trinajstić information content (AvgIpc) is 3.24. The fourth-order valence-electron chi connectivity index (χ4n) is 3.48. The van der Waals surface area contributed by atoms with E-state index in [9.17, 15) is 4.79 Å². The lowest BCUT2D eigenvalue weighted by molar-refractivity contribution is 0.221. The molecule has 132 valence electrons. The molecule has 2 amide bonds. The molecule has 2 aliphatic rings. The number of urea groups is 1. The molecule has 4 rings (SSSR count). The van der Waals surface area contributed by atoms with Crippen LogP contribution in [-0.4, -0.2) is 52.7 Å². The Bertz CT molecular complexity index is 753. The second-order valence-electron chi connectivity index (χ2n) is 6.88. The Labute approximate surface area is 147 Å². The lowest BCUT2D eigenvalue weighted by atomic mass is 10.1. The summed E-state index contributed by atoms with van der Waals surface area (Å²) in [6, 6.07) is 7.95. The largest absolute Gasteiger partial charge is 0.337 e.